The van der Waals surface area contributed by atoms with Crippen LogP contribution in [0.25, 0.3) is 0 Å². The standard InChI is InChI=1S/C13H11F3N6O/c1-8-19-11(23-21-8)12(13(14,15)16)3-5-22(7-12)10-2-4-18-9(6-17)20-10/h2,4H,3,5,7H2,1H3. The molecule has 0 saturated carbocycles. The molecule has 3 rings (SSSR count). The van der Waals surface area contributed by atoms with Gasteiger partial charge in [-0.25, -0.2) is 9.97 Å². The lowest BCUT2D eigenvalue weighted by Gasteiger charge is -2.28. The van der Waals surface area contributed by atoms with Crippen LogP contribution in [-0.4, -0.2) is 39.4 Å². The summed E-state index contributed by atoms with van der Waals surface area (Å²) >= 11 is 0. The van der Waals surface area contributed by atoms with E-state index in [-0.39, 0.29) is 30.4 Å². The van der Waals surface area contributed by atoms with Crippen LogP contribution in [0.4, 0.5) is 19.0 Å². The molecule has 2 aromatic rings. The Balaban J connectivity index is 1.97. The second-order valence-corrected chi connectivity index (χ2v) is 5.25. The second-order valence-electron chi connectivity index (χ2n) is 5.25. The predicted molar refractivity (Wildman–Crippen MR) is 70.3 cm³/mol. The van der Waals surface area contributed by atoms with Crippen molar-refractivity contribution in [2.45, 2.75) is 24.9 Å². The van der Waals surface area contributed by atoms with E-state index in [9.17, 15) is 13.2 Å². The molecule has 0 bridgehead atoms. The highest BCUT2D eigenvalue weighted by atomic mass is 19.4. The Kier molecular flexibility index (Phi) is 3.43. The summed E-state index contributed by atoms with van der Waals surface area (Å²) in [4.78, 5) is 12.9. The molecule has 0 radical (unpaired) electrons. The van der Waals surface area contributed by atoms with Crippen molar-refractivity contribution in [2.75, 3.05) is 18.0 Å². The number of rotatable bonds is 2. The third kappa shape index (κ3) is 2.48. The van der Waals surface area contributed by atoms with Crippen LogP contribution in [0, 0.1) is 18.3 Å². The van der Waals surface area contributed by atoms with Crippen LogP contribution in [-0.2, 0) is 5.41 Å². The lowest BCUT2D eigenvalue weighted by atomic mass is 9.86. The number of alkyl halides is 3. The third-order valence-corrected chi connectivity index (χ3v) is 3.81. The Morgan fingerprint density at radius 1 is 1.39 bits per heavy atom. The van der Waals surface area contributed by atoms with Crippen LogP contribution in [0.3, 0.4) is 0 Å². The fourth-order valence-corrected chi connectivity index (χ4v) is 2.60. The van der Waals surface area contributed by atoms with E-state index in [2.05, 4.69) is 20.1 Å². The summed E-state index contributed by atoms with van der Waals surface area (Å²) in [5.74, 6) is -0.130. The van der Waals surface area contributed by atoms with Crippen LogP contribution in [0.1, 0.15) is 24.0 Å². The Labute approximate surface area is 128 Å². The number of halogens is 3. The maximum Gasteiger partial charge on any atom is 0.405 e. The van der Waals surface area contributed by atoms with Crippen molar-refractivity contribution in [2.24, 2.45) is 0 Å². The fourth-order valence-electron chi connectivity index (χ4n) is 2.60. The molecule has 7 nitrogen and oxygen atoms in total. The lowest BCUT2D eigenvalue weighted by Crippen LogP contribution is -2.45. The molecule has 1 fully saturated rings. The topological polar surface area (TPSA) is 91.7 Å². The predicted octanol–water partition coefficient (Wildman–Crippen LogP) is 1.75. The van der Waals surface area contributed by atoms with Crippen LogP contribution < -0.4 is 4.90 Å². The molecule has 1 unspecified atom stereocenters. The monoisotopic (exact) mass is 324 g/mol. The van der Waals surface area contributed by atoms with Gasteiger partial charge in [-0.05, 0) is 19.4 Å². The molecule has 1 atom stereocenters. The average molecular weight is 324 g/mol. The summed E-state index contributed by atoms with van der Waals surface area (Å²) in [6, 6.07) is 3.23. The maximum atomic E-state index is 13.7. The van der Waals surface area contributed by atoms with Crippen molar-refractivity contribution in [3.05, 3.63) is 29.8 Å². The highest BCUT2D eigenvalue weighted by Gasteiger charge is 2.63. The first kappa shape index (κ1) is 15.2. The van der Waals surface area contributed by atoms with Gasteiger partial charge in [-0.15, -0.1) is 0 Å². The molecule has 1 aliphatic rings. The molecule has 0 N–H and O–H groups in total. The van der Waals surface area contributed by atoms with Gasteiger partial charge < -0.3 is 9.42 Å². The van der Waals surface area contributed by atoms with E-state index in [0.29, 0.717) is 0 Å². The van der Waals surface area contributed by atoms with Gasteiger partial charge in [-0.2, -0.15) is 23.4 Å². The van der Waals surface area contributed by atoms with E-state index < -0.39 is 24.0 Å². The minimum atomic E-state index is -4.55. The number of aryl methyl sites for hydroxylation is 1. The van der Waals surface area contributed by atoms with E-state index in [1.54, 1.807) is 6.07 Å². The molecule has 0 aromatic carbocycles. The van der Waals surface area contributed by atoms with Gasteiger partial charge >= 0.3 is 6.18 Å². The number of aromatic nitrogens is 4. The van der Waals surface area contributed by atoms with Gasteiger partial charge in [0.15, 0.2) is 11.2 Å². The van der Waals surface area contributed by atoms with E-state index >= 15 is 0 Å². The van der Waals surface area contributed by atoms with Gasteiger partial charge in [0.25, 0.3) is 0 Å². The number of nitriles is 1. The molecule has 3 heterocycles. The molecule has 1 aliphatic heterocycles. The van der Waals surface area contributed by atoms with Crippen molar-refractivity contribution in [3.8, 4) is 6.07 Å². The number of hydrogen-bond donors (Lipinski definition) is 0. The first-order valence-electron chi connectivity index (χ1n) is 6.71. The quantitative estimate of drug-likeness (QED) is 0.831. The Morgan fingerprint density at radius 2 is 2.17 bits per heavy atom. The summed E-state index contributed by atoms with van der Waals surface area (Å²) in [7, 11) is 0. The van der Waals surface area contributed by atoms with Crippen LogP contribution in [0.5, 0.6) is 0 Å². The van der Waals surface area contributed by atoms with Gasteiger partial charge in [0.05, 0.1) is 0 Å². The first-order chi connectivity index (χ1) is 10.9. The Bertz CT molecular complexity index is 768. The van der Waals surface area contributed by atoms with Crippen LogP contribution in [0.2, 0.25) is 0 Å². The lowest BCUT2D eigenvalue weighted by molar-refractivity contribution is -0.191. The third-order valence-electron chi connectivity index (χ3n) is 3.81. The van der Waals surface area contributed by atoms with E-state index in [4.69, 9.17) is 9.78 Å². The summed E-state index contributed by atoms with van der Waals surface area (Å²) in [6.07, 6.45) is -3.44. The van der Waals surface area contributed by atoms with Crippen LogP contribution in [0.15, 0.2) is 16.8 Å². The minimum Gasteiger partial charge on any atom is -0.355 e. The SMILES string of the molecule is Cc1noc(C2(C(F)(F)F)CCN(c3ccnc(C#N)n3)C2)n1. The first-order valence-corrected chi connectivity index (χ1v) is 6.71. The van der Waals surface area contributed by atoms with E-state index in [1.807, 2.05) is 0 Å². The molecule has 23 heavy (non-hydrogen) atoms. The van der Waals surface area contributed by atoms with Gasteiger partial charge in [0.1, 0.15) is 11.9 Å². The van der Waals surface area contributed by atoms with E-state index in [1.165, 1.54) is 24.1 Å². The van der Waals surface area contributed by atoms with Gasteiger partial charge in [0, 0.05) is 19.3 Å². The Hall–Kier alpha value is -2.70. The second kappa shape index (κ2) is 5.19. The van der Waals surface area contributed by atoms with E-state index in [0.717, 1.165) is 0 Å². The van der Waals surface area contributed by atoms with Crippen molar-refractivity contribution < 1.29 is 17.7 Å². The maximum absolute atomic E-state index is 13.7. The molecular formula is C13H11F3N6O. The molecule has 2 aromatic heterocycles. The zero-order chi connectivity index (χ0) is 16.7. The largest absolute Gasteiger partial charge is 0.405 e. The molecule has 0 spiro atoms. The normalized spacial score (nSPS) is 21.4. The minimum absolute atomic E-state index is 0.0966. The van der Waals surface area contributed by atoms with Crippen LogP contribution >= 0.6 is 0 Å². The number of hydrogen-bond acceptors (Lipinski definition) is 7. The highest BCUT2D eigenvalue weighted by molar-refractivity contribution is 5.43. The molecule has 10 heteroatoms. The molecular weight excluding hydrogens is 313 g/mol. The van der Waals surface area contributed by atoms with Gasteiger partial charge in [-0.1, -0.05) is 5.16 Å². The van der Waals surface area contributed by atoms with Crippen molar-refractivity contribution in [3.63, 3.8) is 0 Å². The van der Waals surface area contributed by atoms with Crippen molar-refractivity contribution >= 4 is 5.82 Å². The molecule has 120 valence electrons. The van der Waals surface area contributed by atoms with Crippen molar-refractivity contribution in [1.29, 1.82) is 5.26 Å². The van der Waals surface area contributed by atoms with Gasteiger partial charge in [0.2, 0.25) is 11.7 Å². The summed E-state index contributed by atoms with van der Waals surface area (Å²) in [6.45, 7) is 1.16. The zero-order valence-electron chi connectivity index (χ0n) is 12.0. The smallest absolute Gasteiger partial charge is 0.355 e. The van der Waals surface area contributed by atoms with Gasteiger partial charge in [-0.3, -0.25) is 0 Å². The molecule has 0 amide bonds. The average Bonchev–Trinajstić information content (AvgIpc) is 3.14. The molecule has 1 saturated heterocycles. The fraction of sp³-hybridized carbons (Fsp3) is 0.462. The highest BCUT2D eigenvalue weighted by Crippen LogP contribution is 2.47. The summed E-state index contributed by atoms with van der Waals surface area (Å²) in [5, 5.41) is 12.3. The number of anilines is 1. The number of nitrogens with zero attached hydrogens (tertiary/aromatic N) is 6. The molecule has 0 aliphatic carbocycles. The summed E-state index contributed by atoms with van der Waals surface area (Å²) < 4.78 is 45.9. The van der Waals surface area contributed by atoms with Crippen molar-refractivity contribution in [1.82, 2.24) is 20.1 Å². The Morgan fingerprint density at radius 3 is 2.78 bits per heavy atom. The zero-order valence-corrected chi connectivity index (χ0v) is 12.0. The summed E-state index contributed by atoms with van der Waals surface area (Å²) in [5.41, 5.74) is -2.24.